The molecule has 4 rings (SSSR count). The molecule has 0 spiro atoms. The van der Waals surface area contributed by atoms with Crippen LogP contribution in [-0.2, 0) is 16.9 Å². The number of fused-ring (bicyclic) bond motifs is 1. The van der Waals surface area contributed by atoms with Crippen LogP contribution in [0.3, 0.4) is 0 Å². The van der Waals surface area contributed by atoms with Gasteiger partial charge in [-0.2, -0.15) is 0 Å². The minimum atomic E-state index is -1.20. The SMILES string of the molecule is COc1ccc(OC)c(CN2C(=O)N[C@@](C)(c3ccc4c(c3)OCO4)C2=O)c1. The van der Waals surface area contributed by atoms with E-state index in [1.165, 1.54) is 12.0 Å². The number of carbonyl (C=O) groups is 2. The van der Waals surface area contributed by atoms with Gasteiger partial charge in [-0.25, -0.2) is 4.79 Å². The fourth-order valence-corrected chi connectivity index (χ4v) is 3.42. The second-order valence-corrected chi connectivity index (χ2v) is 6.69. The number of nitrogens with zero attached hydrogens (tertiary/aromatic N) is 1. The third-order valence-electron chi connectivity index (χ3n) is 5.04. The summed E-state index contributed by atoms with van der Waals surface area (Å²) in [5, 5.41) is 2.79. The molecule has 2 aromatic carbocycles. The van der Waals surface area contributed by atoms with Crippen LogP contribution in [0.15, 0.2) is 36.4 Å². The summed E-state index contributed by atoms with van der Waals surface area (Å²) in [6.45, 7) is 1.87. The van der Waals surface area contributed by atoms with E-state index in [0.29, 0.717) is 34.1 Å². The first-order valence-corrected chi connectivity index (χ1v) is 8.71. The Morgan fingerprint density at radius 2 is 1.86 bits per heavy atom. The van der Waals surface area contributed by atoms with Crippen LogP contribution < -0.4 is 24.3 Å². The van der Waals surface area contributed by atoms with E-state index < -0.39 is 11.6 Å². The minimum Gasteiger partial charge on any atom is -0.497 e. The number of nitrogens with one attached hydrogen (secondary N) is 1. The molecule has 28 heavy (non-hydrogen) atoms. The van der Waals surface area contributed by atoms with Gasteiger partial charge >= 0.3 is 6.03 Å². The van der Waals surface area contributed by atoms with Gasteiger partial charge in [0.05, 0.1) is 20.8 Å². The highest BCUT2D eigenvalue weighted by atomic mass is 16.7. The van der Waals surface area contributed by atoms with Crippen LogP contribution in [0, 0.1) is 0 Å². The molecule has 0 radical (unpaired) electrons. The van der Waals surface area contributed by atoms with Crippen molar-refractivity contribution < 1.29 is 28.5 Å². The number of rotatable bonds is 5. The molecule has 0 aromatic heterocycles. The molecule has 0 unspecified atom stereocenters. The summed E-state index contributed by atoms with van der Waals surface area (Å²) in [6.07, 6.45) is 0. The molecular weight excluding hydrogens is 364 g/mol. The van der Waals surface area contributed by atoms with Crippen molar-refractivity contribution in [1.29, 1.82) is 0 Å². The lowest BCUT2D eigenvalue weighted by molar-refractivity contribution is -0.131. The van der Waals surface area contributed by atoms with Gasteiger partial charge in [-0.1, -0.05) is 6.07 Å². The molecule has 8 heteroatoms. The van der Waals surface area contributed by atoms with Crippen LogP contribution in [0.4, 0.5) is 4.79 Å². The van der Waals surface area contributed by atoms with Gasteiger partial charge < -0.3 is 24.3 Å². The number of hydrogen-bond acceptors (Lipinski definition) is 6. The fourth-order valence-electron chi connectivity index (χ4n) is 3.42. The summed E-state index contributed by atoms with van der Waals surface area (Å²) in [7, 11) is 3.09. The second-order valence-electron chi connectivity index (χ2n) is 6.69. The van der Waals surface area contributed by atoms with Gasteiger partial charge in [0.2, 0.25) is 6.79 Å². The van der Waals surface area contributed by atoms with Crippen LogP contribution >= 0.6 is 0 Å². The molecule has 1 saturated heterocycles. The van der Waals surface area contributed by atoms with E-state index in [2.05, 4.69) is 5.32 Å². The monoisotopic (exact) mass is 384 g/mol. The molecule has 3 amide bonds. The maximum atomic E-state index is 13.2. The lowest BCUT2D eigenvalue weighted by Crippen LogP contribution is -2.40. The van der Waals surface area contributed by atoms with E-state index in [-0.39, 0.29) is 19.2 Å². The molecule has 8 nitrogen and oxygen atoms in total. The molecule has 146 valence electrons. The van der Waals surface area contributed by atoms with Gasteiger partial charge in [-0.3, -0.25) is 9.69 Å². The van der Waals surface area contributed by atoms with E-state index in [1.54, 1.807) is 50.4 Å². The van der Waals surface area contributed by atoms with Gasteiger partial charge in [-0.05, 0) is 42.8 Å². The quantitative estimate of drug-likeness (QED) is 0.797. The standard InChI is InChI=1S/C20H20N2O6/c1-20(13-4-6-16-17(9-13)28-11-27-16)18(23)22(19(24)21-20)10-12-8-14(25-2)5-7-15(12)26-3/h4-9H,10-11H2,1-3H3,(H,21,24)/t20-/m0/s1. The molecule has 2 heterocycles. The zero-order chi connectivity index (χ0) is 19.9. The Hall–Kier alpha value is -3.42. The van der Waals surface area contributed by atoms with Crippen molar-refractivity contribution in [2.24, 2.45) is 0 Å². The highest BCUT2D eigenvalue weighted by Crippen LogP contribution is 2.38. The van der Waals surface area contributed by atoms with Crippen molar-refractivity contribution >= 4 is 11.9 Å². The number of methoxy groups -OCH3 is 2. The highest BCUT2D eigenvalue weighted by molar-refractivity contribution is 6.07. The molecular formula is C20H20N2O6. The van der Waals surface area contributed by atoms with Crippen LogP contribution in [0.25, 0.3) is 0 Å². The molecule has 2 aliphatic rings. The zero-order valence-electron chi connectivity index (χ0n) is 15.8. The molecule has 1 N–H and O–H groups in total. The first kappa shape index (κ1) is 18.0. The Kier molecular flexibility index (Phi) is 4.26. The van der Waals surface area contributed by atoms with Crippen molar-refractivity contribution in [2.45, 2.75) is 19.0 Å². The number of urea groups is 1. The summed E-state index contributed by atoms with van der Waals surface area (Å²) >= 11 is 0. The smallest absolute Gasteiger partial charge is 0.325 e. The van der Waals surface area contributed by atoms with Gasteiger partial charge in [-0.15, -0.1) is 0 Å². The summed E-state index contributed by atoms with van der Waals surface area (Å²) in [5.41, 5.74) is 0.0833. The lowest BCUT2D eigenvalue weighted by atomic mass is 9.91. The Morgan fingerprint density at radius 3 is 2.61 bits per heavy atom. The van der Waals surface area contributed by atoms with Gasteiger partial charge in [0, 0.05) is 5.56 Å². The molecule has 0 aliphatic carbocycles. The third kappa shape index (κ3) is 2.77. The van der Waals surface area contributed by atoms with Gasteiger partial charge in [0.15, 0.2) is 11.5 Å². The predicted octanol–water partition coefficient (Wildman–Crippen LogP) is 2.40. The topological polar surface area (TPSA) is 86.3 Å². The Labute approximate surface area is 161 Å². The van der Waals surface area contributed by atoms with E-state index in [1.807, 2.05) is 0 Å². The Morgan fingerprint density at radius 1 is 1.07 bits per heavy atom. The lowest BCUT2D eigenvalue weighted by Gasteiger charge is -2.23. The highest BCUT2D eigenvalue weighted by Gasteiger charge is 2.49. The maximum absolute atomic E-state index is 13.2. The molecule has 1 fully saturated rings. The van der Waals surface area contributed by atoms with Gasteiger partial charge in [0.1, 0.15) is 17.0 Å². The van der Waals surface area contributed by atoms with E-state index in [9.17, 15) is 9.59 Å². The summed E-state index contributed by atoms with van der Waals surface area (Å²) in [4.78, 5) is 27.0. The van der Waals surface area contributed by atoms with Crippen LogP contribution in [-0.4, -0.2) is 37.9 Å². The molecule has 0 bridgehead atoms. The summed E-state index contributed by atoms with van der Waals surface area (Å²) < 4.78 is 21.3. The number of benzene rings is 2. The Balaban J connectivity index is 1.64. The number of imide groups is 1. The Bertz CT molecular complexity index is 960. The maximum Gasteiger partial charge on any atom is 0.325 e. The number of ether oxygens (including phenoxy) is 4. The average Bonchev–Trinajstić information content (AvgIpc) is 3.26. The van der Waals surface area contributed by atoms with Crippen LogP contribution in [0.2, 0.25) is 0 Å². The van der Waals surface area contributed by atoms with Crippen molar-refractivity contribution in [3.63, 3.8) is 0 Å². The van der Waals surface area contributed by atoms with Crippen LogP contribution in [0.1, 0.15) is 18.1 Å². The van der Waals surface area contributed by atoms with E-state index in [0.717, 1.165) is 0 Å². The summed E-state index contributed by atoms with van der Waals surface area (Å²) in [5.74, 6) is 1.98. The average molecular weight is 384 g/mol. The first-order valence-electron chi connectivity index (χ1n) is 8.71. The molecule has 2 aliphatic heterocycles. The third-order valence-corrected chi connectivity index (χ3v) is 5.04. The fraction of sp³-hybridized carbons (Fsp3) is 0.300. The van der Waals surface area contributed by atoms with Crippen molar-refractivity contribution in [1.82, 2.24) is 10.2 Å². The normalized spacial score (nSPS) is 20.3. The van der Waals surface area contributed by atoms with E-state index >= 15 is 0 Å². The second kappa shape index (κ2) is 6.63. The largest absolute Gasteiger partial charge is 0.497 e. The van der Waals surface area contributed by atoms with Gasteiger partial charge in [0.25, 0.3) is 5.91 Å². The first-order chi connectivity index (χ1) is 13.5. The van der Waals surface area contributed by atoms with E-state index in [4.69, 9.17) is 18.9 Å². The minimum absolute atomic E-state index is 0.0607. The molecule has 0 saturated carbocycles. The predicted molar refractivity (Wildman–Crippen MR) is 98.5 cm³/mol. The number of hydrogen-bond donors (Lipinski definition) is 1. The molecule has 1 atom stereocenters. The van der Waals surface area contributed by atoms with Crippen molar-refractivity contribution in [3.8, 4) is 23.0 Å². The number of amides is 3. The number of carbonyl (C=O) groups excluding carboxylic acids is 2. The summed E-state index contributed by atoms with van der Waals surface area (Å²) in [6, 6.07) is 9.97. The van der Waals surface area contributed by atoms with Crippen LogP contribution in [0.5, 0.6) is 23.0 Å². The molecule has 2 aromatic rings. The van der Waals surface area contributed by atoms with Crippen molar-refractivity contribution in [2.75, 3.05) is 21.0 Å². The zero-order valence-corrected chi connectivity index (χ0v) is 15.8. The van der Waals surface area contributed by atoms with Crippen molar-refractivity contribution in [3.05, 3.63) is 47.5 Å².